The van der Waals surface area contributed by atoms with Crippen molar-refractivity contribution in [2.75, 3.05) is 13.7 Å². The number of rotatable bonds is 9. The Morgan fingerprint density at radius 1 is 1.03 bits per heavy atom. The molecule has 188 valence electrons. The van der Waals surface area contributed by atoms with Crippen molar-refractivity contribution in [1.29, 1.82) is 0 Å². The Labute approximate surface area is 219 Å². The maximum absolute atomic E-state index is 12.8. The van der Waals surface area contributed by atoms with Crippen LogP contribution in [0.25, 0.3) is 6.08 Å². The maximum Gasteiger partial charge on any atom is 0.337 e. The van der Waals surface area contributed by atoms with Crippen LogP contribution in [0.4, 0.5) is 0 Å². The molecule has 8 nitrogen and oxygen atoms in total. The van der Waals surface area contributed by atoms with Gasteiger partial charge in [0.25, 0.3) is 11.8 Å². The number of amides is 3. The number of carbonyl (C=O) groups is 4. The van der Waals surface area contributed by atoms with E-state index in [4.69, 9.17) is 12.2 Å². The predicted molar refractivity (Wildman–Crippen MR) is 143 cm³/mol. The van der Waals surface area contributed by atoms with Gasteiger partial charge in [0.05, 0.1) is 17.6 Å². The molecule has 1 aliphatic heterocycles. The lowest BCUT2D eigenvalue weighted by molar-refractivity contribution is -0.123. The van der Waals surface area contributed by atoms with Crippen molar-refractivity contribution >= 4 is 58.1 Å². The monoisotopic (exact) mass is 525 g/mol. The van der Waals surface area contributed by atoms with Crippen molar-refractivity contribution in [2.45, 2.75) is 32.6 Å². The minimum atomic E-state index is -0.419. The lowest BCUT2D eigenvalue weighted by atomic mass is 10.1. The van der Waals surface area contributed by atoms with E-state index in [1.54, 1.807) is 47.4 Å². The third kappa shape index (κ3) is 7.25. The highest BCUT2D eigenvalue weighted by atomic mass is 32.2. The zero-order valence-corrected chi connectivity index (χ0v) is 21.7. The van der Waals surface area contributed by atoms with E-state index < -0.39 is 5.97 Å². The molecule has 0 unspecified atom stereocenters. The van der Waals surface area contributed by atoms with Crippen LogP contribution >= 0.6 is 24.0 Å². The van der Waals surface area contributed by atoms with Gasteiger partial charge in [-0.2, -0.15) is 0 Å². The summed E-state index contributed by atoms with van der Waals surface area (Å²) in [6, 6.07) is 13.9. The zero-order valence-electron chi connectivity index (χ0n) is 20.0. The number of nitrogens with one attached hydrogen (secondary N) is 2. The van der Waals surface area contributed by atoms with Gasteiger partial charge in [-0.1, -0.05) is 60.7 Å². The molecule has 0 aromatic heterocycles. The fourth-order valence-corrected chi connectivity index (χ4v) is 4.80. The Kier molecular flexibility index (Phi) is 9.77. The number of hydrogen-bond donors (Lipinski definition) is 2. The first-order valence-corrected chi connectivity index (χ1v) is 12.6. The van der Waals surface area contributed by atoms with Crippen molar-refractivity contribution in [1.82, 2.24) is 15.8 Å². The summed E-state index contributed by atoms with van der Waals surface area (Å²) in [6.45, 7) is 2.30. The summed E-state index contributed by atoms with van der Waals surface area (Å²) in [5, 5.41) is 0. The largest absolute Gasteiger partial charge is 0.465 e. The molecule has 2 aromatic carbocycles. The van der Waals surface area contributed by atoms with Crippen LogP contribution in [0, 0.1) is 6.92 Å². The highest BCUT2D eigenvalue weighted by molar-refractivity contribution is 8.26. The van der Waals surface area contributed by atoms with Crippen LogP contribution in [0.1, 0.15) is 57.5 Å². The summed E-state index contributed by atoms with van der Waals surface area (Å²) >= 11 is 6.61. The first-order chi connectivity index (χ1) is 17.3. The maximum atomic E-state index is 12.8. The average molecular weight is 526 g/mol. The van der Waals surface area contributed by atoms with Crippen molar-refractivity contribution < 1.29 is 23.9 Å². The number of nitrogens with zero attached hydrogens (tertiary/aromatic N) is 1. The number of hydrogen-bond acceptors (Lipinski definition) is 7. The average Bonchev–Trinajstić information content (AvgIpc) is 3.14. The van der Waals surface area contributed by atoms with Crippen LogP contribution in [0.15, 0.2) is 53.4 Å². The molecule has 2 N–H and O–H groups in total. The Bertz CT molecular complexity index is 1190. The number of ether oxygens (including phenoxy) is 1. The first kappa shape index (κ1) is 27.1. The molecule has 0 bridgehead atoms. The number of carbonyl (C=O) groups excluding carboxylic acids is 4. The fourth-order valence-electron chi connectivity index (χ4n) is 3.49. The number of thioether (sulfide) groups is 1. The SMILES string of the molecule is COC(=O)c1ccc(/C=C2\SC(=S)N(CCCCCC(=O)NNC(=O)c3ccccc3C)C2=O)cc1. The van der Waals surface area contributed by atoms with Crippen molar-refractivity contribution in [2.24, 2.45) is 0 Å². The van der Waals surface area contributed by atoms with Gasteiger partial charge in [0.2, 0.25) is 5.91 Å². The summed E-state index contributed by atoms with van der Waals surface area (Å²) in [5.74, 6) is -1.21. The van der Waals surface area contributed by atoms with Crippen LogP contribution < -0.4 is 10.9 Å². The number of hydrazine groups is 1. The molecule has 3 amide bonds. The molecular weight excluding hydrogens is 498 g/mol. The third-order valence-corrected chi connectivity index (χ3v) is 6.87. The van der Waals surface area contributed by atoms with Gasteiger partial charge in [-0.3, -0.25) is 30.1 Å². The summed E-state index contributed by atoms with van der Waals surface area (Å²) in [5.41, 5.74) is 7.42. The highest BCUT2D eigenvalue weighted by Gasteiger charge is 2.31. The van der Waals surface area contributed by atoms with Crippen molar-refractivity contribution in [3.05, 3.63) is 75.7 Å². The molecule has 1 saturated heterocycles. The fraction of sp³-hybridized carbons (Fsp3) is 0.269. The minimum Gasteiger partial charge on any atom is -0.465 e. The Morgan fingerprint density at radius 2 is 1.75 bits per heavy atom. The lowest BCUT2D eigenvalue weighted by Gasteiger charge is -2.14. The van der Waals surface area contributed by atoms with Gasteiger partial charge in [-0.25, -0.2) is 4.79 Å². The van der Waals surface area contributed by atoms with Gasteiger partial charge in [0.1, 0.15) is 4.32 Å². The van der Waals surface area contributed by atoms with E-state index in [0.29, 0.717) is 39.7 Å². The lowest BCUT2D eigenvalue weighted by Crippen LogP contribution is -2.41. The van der Waals surface area contributed by atoms with E-state index in [-0.39, 0.29) is 24.1 Å². The predicted octanol–water partition coefficient (Wildman–Crippen LogP) is 4.00. The number of unbranched alkanes of at least 4 members (excludes halogenated alkanes) is 2. The first-order valence-electron chi connectivity index (χ1n) is 11.4. The van der Waals surface area contributed by atoms with Gasteiger partial charge in [-0.05, 0) is 55.2 Å². The third-order valence-electron chi connectivity index (χ3n) is 5.49. The molecule has 1 aliphatic rings. The molecule has 36 heavy (non-hydrogen) atoms. The van der Waals surface area contributed by atoms with Crippen LogP contribution in [-0.4, -0.2) is 46.6 Å². The minimum absolute atomic E-state index is 0.154. The molecule has 0 atom stereocenters. The zero-order chi connectivity index (χ0) is 26.1. The summed E-state index contributed by atoms with van der Waals surface area (Å²) in [7, 11) is 1.32. The molecule has 2 aromatic rings. The molecular formula is C26H27N3O5S2. The Hall–Kier alpha value is -3.50. The quantitative estimate of drug-likeness (QED) is 0.168. The molecule has 0 saturated carbocycles. The number of esters is 1. The number of benzene rings is 2. The highest BCUT2D eigenvalue weighted by Crippen LogP contribution is 2.32. The topological polar surface area (TPSA) is 105 Å². The van der Waals surface area contributed by atoms with E-state index >= 15 is 0 Å². The number of methoxy groups -OCH3 is 1. The van der Waals surface area contributed by atoms with Crippen LogP contribution in [-0.2, 0) is 14.3 Å². The summed E-state index contributed by atoms with van der Waals surface area (Å²) in [4.78, 5) is 50.6. The Morgan fingerprint density at radius 3 is 2.44 bits per heavy atom. The van der Waals surface area contributed by atoms with Gasteiger partial charge in [0, 0.05) is 18.5 Å². The van der Waals surface area contributed by atoms with Gasteiger partial charge < -0.3 is 4.74 Å². The molecule has 1 heterocycles. The summed E-state index contributed by atoms with van der Waals surface area (Å²) < 4.78 is 5.18. The van der Waals surface area contributed by atoms with Crippen LogP contribution in [0.2, 0.25) is 0 Å². The van der Waals surface area contributed by atoms with Crippen molar-refractivity contribution in [3.63, 3.8) is 0 Å². The second kappa shape index (κ2) is 13.0. The van der Waals surface area contributed by atoms with Crippen molar-refractivity contribution in [3.8, 4) is 0 Å². The second-order valence-electron chi connectivity index (χ2n) is 8.07. The molecule has 1 fully saturated rings. The van der Waals surface area contributed by atoms with Gasteiger partial charge >= 0.3 is 5.97 Å². The standard InChI is InChI=1S/C26H27N3O5S2/c1-17-8-5-6-9-20(17)23(31)28-27-22(30)10-4-3-7-15-29-24(32)21(36-26(29)35)16-18-11-13-19(14-12-18)25(33)34-2/h5-6,8-9,11-14,16H,3-4,7,10,15H2,1-2H3,(H,27,30)(H,28,31)/b21-16-. The second-order valence-corrected chi connectivity index (χ2v) is 9.75. The smallest absolute Gasteiger partial charge is 0.337 e. The molecule has 0 radical (unpaired) electrons. The number of aryl methyl sites for hydroxylation is 1. The normalized spacial score (nSPS) is 14.2. The van der Waals surface area contributed by atoms with E-state index in [9.17, 15) is 19.2 Å². The van der Waals surface area contributed by atoms with E-state index in [2.05, 4.69) is 15.6 Å². The van der Waals surface area contributed by atoms with Crippen LogP contribution in [0.5, 0.6) is 0 Å². The van der Waals surface area contributed by atoms with E-state index in [0.717, 1.165) is 17.5 Å². The Balaban J connectivity index is 1.39. The van der Waals surface area contributed by atoms with Gasteiger partial charge in [0.15, 0.2) is 0 Å². The molecule has 0 spiro atoms. The summed E-state index contributed by atoms with van der Waals surface area (Å²) in [6.07, 6.45) is 4.04. The molecule has 3 rings (SSSR count). The van der Waals surface area contributed by atoms with E-state index in [1.165, 1.54) is 18.9 Å². The molecule has 10 heteroatoms. The van der Waals surface area contributed by atoms with Gasteiger partial charge in [-0.15, -0.1) is 0 Å². The molecule has 0 aliphatic carbocycles. The van der Waals surface area contributed by atoms with E-state index in [1.807, 2.05) is 19.1 Å². The van der Waals surface area contributed by atoms with Crippen LogP contribution in [0.3, 0.4) is 0 Å². The number of thiocarbonyl (C=S) groups is 1.